The van der Waals surface area contributed by atoms with E-state index in [4.69, 9.17) is 5.73 Å². The lowest BCUT2D eigenvalue weighted by Gasteiger charge is -2.06. The molecule has 0 radical (unpaired) electrons. The molecule has 0 spiro atoms. The summed E-state index contributed by atoms with van der Waals surface area (Å²) in [5, 5.41) is 5.14. The summed E-state index contributed by atoms with van der Waals surface area (Å²) in [4.78, 5) is 12.1. The molecule has 19 heavy (non-hydrogen) atoms. The summed E-state index contributed by atoms with van der Waals surface area (Å²) in [6, 6.07) is 10.3. The van der Waals surface area contributed by atoms with Crippen molar-refractivity contribution in [3.05, 3.63) is 51.7 Å². The molecule has 100 valence electrons. The first kappa shape index (κ1) is 13.6. The number of nitrogens with two attached hydrogens (primary N) is 1. The number of aryl methyl sites for hydroxylation is 1. The Hall–Kier alpha value is -1.81. The number of hydrogen-bond donors (Lipinski definition) is 2. The molecule has 0 saturated carbocycles. The van der Waals surface area contributed by atoms with Crippen LogP contribution in [0.25, 0.3) is 0 Å². The highest BCUT2D eigenvalue weighted by Gasteiger charge is 2.04. The summed E-state index contributed by atoms with van der Waals surface area (Å²) < 4.78 is 0. The van der Waals surface area contributed by atoms with Gasteiger partial charge in [-0.15, -0.1) is 11.3 Å². The second-order valence-corrected chi connectivity index (χ2v) is 5.46. The number of rotatable bonds is 6. The molecule has 1 heterocycles. The highest BCUT2D eigenvalue weighted by Crippen LogP contribution is 2.17. The van der Waals surface area contributed by atoms with Crippen LogP contribution in [-0.2, 0) is 13.0 Å². The summed E-state index contributed by atoms with van der Waals surface area (Å²) in [7, 11) is 0. The molecular weight excluding hydrogens is 256 g/mol. The number of nitrogens with one attached hydrogen (secondary N) is 1. The summed E-state index contributed by atoms with van der Waals surface area (Å²) in [6.07, 6.45) is 2.28. The third-order valence-electron chi connectivity index (χ3n) is 2.90. The van der Waals surface area contributed by atoms with E-state index in [1.807, 2.05) is 6.07 Å². The third kappa shape index (κ3) is 3.83. The van der Waals surface area contributed by atoms with Crippen LogP contribution in [0.2, 0.25) is 0 Å². The molecule has 0 aliphatic rings. The third-order valence-corrected chi connectivity index (χ3v) is 3.83. The topological polar surface area (TPSA) is 55.1 Å². The molecule has 1 aromatic heterocycles. The number of hydrogen-bond acceptors (Lipinski definition) is 3. The van der Waals surface area contributed by atoms with E-state index in [1.54, 1.807) is 16.7 Å². The molecule has 1 amide bonds. The molecule has 4 heteroatoms. The molecule has 2 aromatic rings. The summed E-state index contributed by atoms with van der Waals surface area (Å²) in [5.41, 5.74) is 8.26. The fourth-order valence-electron chi connectivity index (χ4n) is 1.87. The van der Waals surface area contributed by atoms with Gasteiger partial charge in [0.25, 0.3) is 0 Å². The average molecular weight is 274 g/mol. The quantitative estimate of drug-likeness (QED) is 0.848. The zero-order valence-corrected chi connectivity index (χ0v) is 11.8. The molecule has 2 rings (SSSR count). The largest absolute Gasteiger partial charge is 0.380 e. The van der Waals surface area contributed by atoms with Gasteiger partial charge < -0.3 is 11.1 Å². The maximum Gasteiger partial charge on any atom is 0.249 e. The van der Waals surface area contributed by atoms with Gasteiger partial charge in [0.05, 0.1) is 5.56 Å². The van der Waals surface area contributed by atoms with Gasteiger partial charge in [-0.25, -0.2) is 0 Å². The van der Waals surface area contributed by atoms with E-state index in [1.165, 1.54) is 5.56 Å². The monoisotopic (exact) mass is 274 g/mol. The van der Waals surface area contributed by atoms with E-state index >= 15 is 0 Å². The second-order valence-electron chi connectivity index (χ2n) is 4.47. The summed E-state index contributed by atoms with van der Waals surface area (Å²) in [5.74, 6) is -0.369. The van der Waals surface area contributed by atoms with Crippen LogP contribution in [0.1, 0.15) is 34.1 Å². The van der Waals surface area contributed by atoms with Crippen LogP contribution in [0.5, 0.6) is 0 Å². The van der Waals surface area contributed by atoms with Crippen molar-refractivity contribution in [1.29, 1.82) is 0 Å². The Balaban J connectivity index is 1.92. The molecule has 0 unspecified atom stereocenters. The average Bonchev–Trinajstić information content (AvgIpc) is 2.87. The first-order chi connectivity index (χ1) is 9.19. The Bertz CT molecular complexity index is 546. The normalized spacial score (nSPS) is 10.4. The number of thiophene rings is 1. The van der Waals surface area contributed by atoms with Gasteiger partial charge in [-0.2, -0.15) is 0 Å². The van der Waals surface area contributed by atoms with Gasteiger partial charge >= 0.3 is 0 Å². The Morgan fingerprint density at radius 1 is 1.32 bits per heavy atom. The Morgan fingerprint density at radius 3 is 2.63 bits per heavy atom. The summed E-state index contributed by atoms with van der Waals surface area (Å²) in [6.45, 7) is 2.89. The number of primary amides is 1. The Morgan fingerprint density at radius 2 is 2.05 bits per heavy atom. The van der Waals surface area contributed by atoms with Gasteiger partial charge in [0.2, 0.25) is 5.91 Å². The SMILES string of the molecule is CCCc1ccc(NCc2cc(C(N)=O)cs2)cc1. The molecule has 0 saturated heterocycles. The highest BCUT2D eigenvalue weighted by molar-refractivity contribution is 7.10. The molecule has 3 N–H and O–H groups in total. The molecule has 0 bridgehead atoms. The predicted molar refractivity (Wildman–Crippen MR) is 80.6 cm³/mol. The van der Waals surface area contributed by atoms with Gasteiger partial charge in [0.1, 0.15) is 0 Å². The van der Waals surface area contributed by atoms with Crippen molar-refractivity contribution in [2.45, 2.75) is 26.3 Å². The van der Waals surface area contributed by atoms with E-state index in [0.29, 0.717) is 12.1 Å². The van der Waals surface area contributed by atoms with E-state index in [0.717, 1.165) is 23.4 Å². The van der Waals surface area contributed by atoms with Crippen LogP contribution in [0.15, 0.2) is 35.7 Å². The minimum absolute atomic E-state index is 0.369. The molecule has 0 atom stereocenters. The lowest BCUT2D eigenvalue weighted by Crippen LogP contribution is -2.09. The van der Waals surface area contributed by atoms with Gasteiger partial charge in [0, 0.05) is 22.5 Å². The maximum absolute atomic E-state index is 11.0. The zero-order valence-electron chi connectivity index (χ0n) is 11.0. The van der Waals surface area contributed by atoms with Gasteiger partial charge in [-0.05, 0) is 30.2 Å². The number of carbonyl (C=O) groups excluding carboxylic acids is 1. The van der Waals surface area contributed by atoms with E-state index in [2.05, 4.69) is 36.5 Å². The minimum atomic E-state index is -0.369. The van der Waals surface area contributed by atoms with Crippen molar-refractivity contribution < 1.29 is 4.79 Å². The number of benzene rings is 1. The van der Waals surface area contributed by atoms with Crippen molar-refractivity contribution >= 4 is 22.9 Å². The number of anilines is 1. The van der Waals surface area contributed by atoms with Crippen molar-refractivity contribution in [1.82, 2.24) is 0 Å². The van der Waals surface area contributed by atoms with Crippen LogP contribution in [0.4, 0.5) is 5.69 Å². The van der Waals surface area contributed by atoms with Crippen molar-refractivity contribution in [2.24, 2.45) is 5.73 Å². The lowest BCUT2D eigenvalue weighted by atomic mass is 10.1. The van der Waals surface area contributed by atoms with Crippen LogP contribution >= 0.6 is 11.3 Å². The van der Waals surface area contributed by atoms with Crippen LogP contribution in [0, 0.1) is 0 Å². The Kier molecular flexibility index (Phi) is 4.58. The van der Waals surface area contributed by atoms with Crippen LogP contribution < -0.4 is 11.1 Å². The first-order valence-electron chi connectivity index (χ1n) is 6.39. The van der Waals surface area contributed by atoms with Crippen molar-refractivity contribution in [3.8, 4) is 0 Å². The fraction of sp³-hybridized carbons (Fsp3) is 0.267. The van der Waals surface area contributed by atoms with Crippen molar-refractivity contribution in [2.75, 3.05) is 5.32 Å². The molecule has 1 aromatic carbocycles. The summed E-state index contributed by atoms with van der Waals surface area (Å²) >= 11 is 1.55. The first-order valence-corrected chi connectivity index (χ1v) is 7.27. The van der Waals surface area contributed by atoms with Gasteiger partial charge in [-0.1, -0.05) is 25.5 Å². The second kappa shape index (κ2) is 6.38. The lowest BCUT2D eigenvalue weighted by molar-refractivity contribution is 0.100. The van der Waals surface area contributed by atoms with Gasteiger partial charge in [0.15, 0.2) is 0 Å². The Labute approximate surface area is 117 Å². The van der Waals surface area contributed by atoms with Gasteiger partial charge in [-0.3, -0.25) is 4.79 Å². The minimum Gasteiger partial charge on any atom is -0.380 e. The van der Waals surface area contributed by atoms with E-state index in [9.17, 15) is 4.79 Å². The highest BCUT2D eigenvalue weighted by atomic mass is 32.1. The molecule has 0 aliphatic heterocycles. The molecular formula is C15H18N2OS. The van der Waals surface area contributed by atoms with Crippen LogP contribution in [-0.4, -0.2) is 5.91 Å². The zero-order chi connectivity index (χ0) is 13.7. The smallest absolute Gasteiger partial charge is 0.249 e. The van der Waals surface area contributed by atoms with E-state index in [-0.39, 0.29) is 5.91 Å². The number of carbonyl (C=O) groups is 1. The molecule has 0 fully saturated rings. The fourth-order valence-corrected chi connectivity index (χ4v) is 2.68. The maximum atomic E-state index is 11.0. The van der Waals surface area contributed by atoms with Crippen LogP contribution in [0.3, 0.4) is 0 Å². The van der Waals surface area contributed by atoms with Crippen molar-refractivity contribution in [3.63, 3.8) is 0 Å². The predicted octanol–water partition coefficient (Wildman–Crippen LogP) is 3.41. The molecule has 0 aliphatic carbocycles. The number of amides is 1. The molecule has 3 nitrogen and oxygen atoms in total. The van der Waals surface area contributed by atoms with E-state index < -0.39 is 0 Å². The standard InChI is InChI=1S/C15H18N2OS/c1-2-3-11-4-6-13(7-5-11)17-9-14-8-12(10-19-14)15(16)18/h4-8,10,17H,2-3,9H2,1H3,(H2,16,18).